The molecule has 0 saturated carbocycles. The molecule has 0 saturated heterocycles. The molecule has 4 nitrogen and oxygen atoms in total. The fourth-order valence-electron chi connectivity index (χ4n) is 1.69. The van der Waals surface area contributed by atoms with Crippen molar-refractivity contribution in [3.05, 3.63) is 29.0 Å². The van der Waals surface area contributed by atoms with Crippen LogP contribution in [0.4, 0.5) is 0 Å². The predicted octanol–water partition coefficient (Wildman–Crippen LogP) is 2.23. The van der Waals surface area contributed by atoms with Gasteiger partial charge in [0.15, 0.2) is 0 Å². The van der Waals surface area contributed by atoms with Crippen LogP contribution >= 0.6 is 11.6 Å². The summed E-state index contributed by atoms with van der Waals surface area (Å²) in [6.07, 6.45) is 1.56. The summed E-state index contributed by atoms with van der Waals surface area (Å²) in [5, 5.41) is 0.237. The number of pyridine rings is 1. The number of methoxy groups -OCH3 is 1. The van der Waals surface area contributed by atoms with Crippen molar-refractivity contribution in [2.75, 3.05) is 20.3 Å². The Morgan fingerprint density at radius 2 is 2.35 bits per heavy atom. The first-order valence-corrected chi connectivity index (χ1v) is 5.90. The monoisotopic (exact) mass is 256 g/mol. The number of hydrogen-bond acceptors (Lipinski definition) is 3. The summed E-state index contributed by atoms with van der Waals surface area (Å²) in [5.74, 6) is -0.116. The number of likely N-dealkylation sites (N-methyl/N-ethyl adjacent to an activating group) is 1. The third-order valence-electron chi connectivity index (χ3n) is 2.53. The summed E-state index contributed by atoms with van der Waals surface area (Å²) in [6, 6.07) is 3.39. The van der Waals surface area contributed by atoms with E-state index in [4.69, 9.17) is 16.3 Å². The van der Waals surface area contributed by atoms with Crippen LogP contribution in [0.2, 0.25) is 5.15 Å². The molecule has 1 aromatic rings. The molecule has 1 heterocycles. The topological polar surface area (TPSA) is 42.4 Å². The van der Waals surface area contributed by atoms with Crippen LogP contribution in [0.15, 0.2) is 18.3 Å². The minimum Gasteiger partial charge on any atom is -0.383 e. The second-order valence-corrected chi connectivity index (χ2v) is 4.10. The lowest BCUT2D eigenvalue weighted by Crippen LogP contribution is -2.41. The van der Waals surface area contributed by atoms with Crippen LogP contribution in [0.25, 0.3) is 0 Å². The van der Waals surface area contributed by atoms with E-state index < -0.39 is 0 Å². The molecule has 1 atom stereocenters. The van der Waals surface area contributed by atoms with Crippen molar-refractivity contribution in [2.45, 2.75) is 19.9 Å². The molecule has 94 valence electrons. The Labute approximate surface area is 107 Å². The molecule has 1 unspecified atom stereocenters. The van der Waals surface area contributed by atoms with Crippen LogP contribution in [-0.2, 0) is 4.74 Å². The molecule has 0 spiro atoms. The second-order valence-electron chi connectivity index (χ2n) is 3.74. The first-order chi connectivity index (χ1) is 8.11. The Hall–Kier alpha value is -1.13. The molecule has 0 fully saturated rings. The number of ether oxygens (including phenoxy) is 1. The van der Waals surface area contributed by atoms with Crippen molar-refractivity contribution in [3.8, 4) is 0 Å². The van der Waals surface area contributed by atoms with Gasteiger partial charge >= 0.3 is 0 Å². The molecule has 0 radical (unpaired) electrons. The van der Waals surface area contributed by atoms with Crippen LogP contribution < -0.4 is 0 Å². The third kappa shape index (κ3) is 3.41. The lowest BCUT2D eigenvalue weighted by atomic mass is 10.2. The molecule has 0 aliphatic rings. The van der Waals surface area contributed by atoms with E-state index in [0.717, 1.165) is 0 Å². The van der Waals surface area contributed by atoms with E-state index >= 15 is 0 Å². The van der Waals surface area contributed by atoms with Crippen LogP contribution in [-0.4, -0.2) is 42.1 Å². The van der Waals surface area contributed by atoms with E-state index in [-0.39, 0.29) is 17.1 Å². The molecular weight excluding hydrogens is 240 g/mol. The molecule has 0 N–H and O–H groups in total. The highest BCUT2D eigenvalue weighted by Crippen LogP contribution is 2.15. The average Bonchev–Trinajstić information content (AvgIpc) is 2.30. The lowest BCUT2D eigenvalue weighted by Gasteiger charge is -2.27. The Balaban J connectivity index is 2.90. The first kappa shape index (κ1) is 13.9. The summed E-state index contributed by atoms with van der Waals surface area (Å²) in [7, 11) is 1.62. The van der Waals surface area contributed by atoms with Gasteiger partial charge in [-0.2, -0.15) is 0 Å². The van der Waals surface area contributed by atoms with Gasteiger partial charge in [-0.05, 0) is 26.0 Å². The van der Waals surface area contributed by atoms with Gasteiger partial charge in [0.2, 0.25) is 0 Å². The summed E-state index contributed by atoms with van der Waals surface area (Å²) >= 11 is 5.91. The van der Waals surface area contributed by atoms with Gasteiger partial charge in [0, 0.05) is 19.9 Å². The van der Waals surface area contributed by atoms with Gasteiger partial charge in [0.05, 0.1) is 18.2 Å². The SMILES string of the molecule is CCN(C(=O)c1cccnc1Cl)C(C)COC. The van der Waals surface area contributed by atoms with E-state index in [1.54, 1.807) is 30.3 Å². The Bertz CT molecular complexity index is 385. The van der Waals surface area contributed by atoms with Crippen molar-refractivity contribution < 1.29 is 9.53 Å². The zero-order valence-corrected chi connectivity index (χ0v) is 11.1. The van der Waals surface area contributed by atoms with E-state index in [1.807, 2.05) is 13.8 Å². The summed E-state index contributed by atoms with van der Waals surface area (Å²) < 4.78 is 5.06. The maximum absolute atomic E-state index is 12.3. The fourth-order valence-corrected chi connectivity index (χ4v) is 1.89. The highest BCUT2D eigenvalue weighted by atomic mass is 35.5. The number of hydrogen-bond donors (Lipinski definition) is 0. The number of nitrogens with zero attached hydrogens (tertiary/aromatic N) is 2. The minimum atomic E-state index is -0.116. The van der Waals surface area contributed by atoms with Crippen molar-refractivity contribution in [3.63, 3.8) is 0 Å². The minimum absolute atomic E-state index is 0.00812. The molecule has 0 aliphatic heterocycles. The smallest absolute Gasteiger partial charge is 0.257 e. The normalized spacial score (nSPS) is 12.2. The molecule has 5 heteroatoms. The number of halogens is 1. The number of amides is 1. The quantitative estimate of drug-likeness (QED) is 0.759. The molecular formula is C12H17ClN2O2. The van der Waals surface area contributed by atoms with Crippen LogP contribution in [0, 0.1) is 0 Å². The number of carbonyl (C=O) groups is 1. The summed E-state index contributed by atoms with van der Waals surface area (Å²) in [5.41, 5.74) is 0.430. The van der Waals surface area contributed by atoms with Gasteiger partial charge in [0.1, 0.15) is 5.15 Å². The maximum atomic E-state index is 12.3. The highest BCUT2D eigenvalue weighted by Gasteiger charge is 2.21. The van der Waals surface area contributed by atoms with Gasteiger partial charge in [-0.15, -0.1) is 0 Å². The standard InChI is InChI=1S/C12H17ClN2O2/c1-4-15(9(2)8-17-3)12(16)10-6-5-7-14-11(10)13/h5-7,9H,4,8H2,1-3H3. The van der Waals surface area contributed by atoms with E-state index in [9.17, 15) is 4.79 Å². The molecule has 1 amide bonds. The van der Waals surface area contributed by atoms with Gasteiger partial charge in [-0.25, -0.2) is 4.98 Å². The molecule has 0 bridgehead atoms. The largest absolute Gasteiger partial charge is 0.383 e. The average molecular weight is 257 g/mol. The molecule has 17 heavy (non-hydrogen) atoms. The number of rotatable bonds is 5. The van der Waals surface area contributed by atoms with Crippen LogP contribution in [0.3, 0.4) is 0 Å². The third-order valence-corrected chi connectivity index (χ3v) is 2.83. The molecule has 0 aromatic carbocycles. The summed E-state index contributed by atoms with van der Waals surface area (Å²) in [6.45, 7) is 4.97. The highest BCUT2D eigenvalue weighted by molar-refractivity contribution is 6.32. The maximum Gasteiger partial charge on any atom is 0.257 e. The molecule has 1 aromatic heterocycles. The Kier molecular flexibility index (Phi) is 5.38. The van der Waals surface area contributed by atoms with Crippen molar-refractivity contribution in [1.82, 2.24) is 9.88 Å². The van der Waals surface area contributed by atoms with Gasteiger partial charge in [0.25, 0.3) is 5.91 Å². The van der Waals surface area contributed by atoms with Crippen LogP contribution in [0.1, 0.15) is 24.2 Å². The van der Waals surface area contributed by atoms with Gasteiger partial charge in [-0.3, -0.25) is 4.79 Å². The van der Waals surface area contributed by atoms with Crippen molar-refractivity contribution >= 4 is 17.5 Å². The van der Waals surface area contributed by atoms with Gasteiger partial charge in [-0.1, -0.05) is 11.6 Å². The Morgan fingerprint density at radius 3 is 2.88 bits per heavy atom. The van der Waals surface area contributed by atoms with E-state index in [2.05, 4.69) is 4.98 Å². The molecule has 0 aliphatic carbocycles. The number of aromatic nitrogens is 1. The second kappa shape index (κ2) is 6.57. The van der Waals surface area contributed by atoms with E-state index in [0.29, 0.717) is 18.7 Å². The number of carbonyl (C=O) groups excluding carboxylic acids is 1. The summed E-state index contributed by atoms with van der Waals surface area (Å²) in [4.78, 5) is 17.9. The van der Waals surface area contributed by atoms with E-state index in [1.165, 1.54) is 0 Å². The zero-order valence-electron chi connectivity index (χ0n) is 10.3. The lowest BCUT2D eigenvalue weighted by molar-refractivity contribution is 0.0579. The van der Waals surface area contributed by atoms with Crippen molar-refractivity contribution in [2.24, 2.45) is 0 Å². The van der Waals surface area contributed by atoms with Crippen molar-refractivity contribution in [1.29, 1.82) is 0 Å². The predicted molar refractivity (Wildman–Crippen MR) is 67.3 cm³/mol. The molecule has 1 rings (SSSR count). The first-order valence-electron chi connectivity index (χ1n) is 5.52. The van der Waals surface area contributed by atoms with Gasteiger partial charge < -0.3 is 9.64 Å². The Morgan fingerprint density at radius 1 is 1.65 bits per heavy atom. The van der Waals surface area contributed by atoms with Crippen LogP contribution in [0.5, 0.6) is 0 Å². The fraction of sp³-hybridized carbons (Fsp3) is 0.500. The zero-order chi connectivity index (χ0) is 12.8.